The Morgan fingerprint density at radius 1 is 1.07 bits per heavy atom. The zero-order valence-electron chi connectivity index (χ0n) is 16.4. The Morgan fingerprint density at radius 2 is 1.85 bits per heavy atom. The van der Waals surface area contributed by atoms with Crippen molar-refractivity contribution < 1.29 is 14.3 Å². The largest absolute Gasteiger partial charge is 0.493 e. The van der Waals surface area contributed by atoms with Crippen LogP contribution in [0.3, 0.4) is 0 Å². The molecule has 1 amide bonds. The predicted molar refractivity (Wildman–Crippen MR) is 107 cm³/mol. The third-order valence-corrected chi connectivity index (χ3v) is 4.03. The van der Waals surface area contributed by atoms with Crippen LogP contribution >= 0.6 is 0 Å². The highest BCUT2D eigenvalue weighted by atomic mass is 16.5. The molecule has 0 saturated carbocycles. The highest BCUT2D eigenvalue weighted by Crippen LogP contribution is 2.27. The minimum atomic E-state index is -0.185. The van der Waals surface area contributed by atoms with Crippen molar-refractivity contribution in [2.24, 2.45) is 0 Å². The van der Waals surface area contributed by atoms with Gasteiger partial charge in [-0.3, -0.25) is 4.79 Å². The number of benzene rings is 1. The first kappa shape index (κ1) is 20.5. The van der Waals surface area contributed by atoms with Gasteiger partial charge in [-0.2, -0.15) is 0 Å². The van der Waals surface area contributed by atoms with E-state index in [4.69, 9.17) is 9.47 Å². The lowest BCUT2D eigenvalue weighted by molar-refractivity contribution is 0.0949. The number of aromatic nitrogens is 1. The van der Waals surface area contributed by atoms with Crippen molar-refractivity contribution in [2.45, 2.75) is 6.42 Å². The van der Waals surface area contributed by atoms with Crippen LogP contribution in [0.4, 0.5) is 5.69 Å². The van der Waals surface area contributed by atoms with E-state index in [0.29, 0.717) is 30.2 Å². The monoisotopic (exact) mass is 372 g/mol. The van der Waals surface area contributed by atoms with E-state index in [1.165, 1.54) is 0 Å². The molecule has 0 unspecified atom stereocenters. The number of rotatable bonds is 10. The lowest BCUT2D eigenvalue weighted by Gasteiger charge is -2.11. The van der Waals surface area contributed by atoms with Crippen LogP contribution in [0.5, 0.6) is 11.5 Å². The van der Waals surface area contributed by atoms with E-state index in [2.05, 4.69) is 20.5 Å². The van der Waals surface area contributed by atoms with E-state index in [1.54, 1.807) is 26.5 Å². The van der Waals surface area contributed by atoms with Crippen molar-refractivity contribution in [3.8, 4) is 11.5 Å². The van der Waals surface area contributed by atoms with Gasteiger partial charge in [-0.15, -0.1) is 0 Å². The van der Waals surface area contributed by atoms with E-state index in [0.717, 1.165) is 24.3 Å². The Labute approximate surface area is 160 Å². The summed E-state index contributed by atoms with van der Waals surface area (Å²) in [5.41, 5.74) is 2.36. The molecule has 0 atom stereocenters. The quantitative estimate of drug-likeness (QED) is 0.665. The van der Waals surface area contributed by atoms with Crippen molar-refractivity contribution in [2.75, 3.05) is 53.3 Å². The average Bonchev–Trinajstić information content (AvgIpc) is 2.68. The fourth-order valence-corrected chi connectivity index (χ4v) is 2.50. The minimum absolute atomic E-state index is 0.185. The highest BCUT2D eigenvalue weighted by Gasteiger charge is 2.08. The topological polar surface area (TPSA) is 75.7 Å². The van der Waals surface area contributed by atoms with Crippen LogP contribution in [0, 0.1) is 0 Å². The average molecular weight is 372 g/mol. The predicted octanol–water partition coefficient (Wildman–Crippen LogP) is 2.04. The molecular formula is C20H28N4O3. The number of hydrogen-bond acceptors (Lipinski definition) is 6. The summed E-state index contributed by atoms with van der Waals surface area (Å²) < 4.78 is 10.5. The van der Waals surface area contributed by atoms with Gasteiger partial charge >= 0.3 is 0 Å². The van der Waals surface area contributed by atoms with Crippen LogP contribution in [0.15, 0.2) is 36.5 Å². The van der Waals surface area contributed by atoms with Crippen LogP contribution in [0.2, 0.25) is 0 Å². The van der Waals surface area contributed by atoms with Crippen LogP contribution in [-0.2, 0) is 6.42 Å². The third kappa shape index (κ3) is 6.45. The van der Waals surface area contributed by atoms with Gasteiger partial charge < -0.3 is 25.0 Å². The zero-order valence-corrected chi connectivity index (χ0v) is 16.4. The number of ether oxygens (including phenoxy) is 2. The Morgan fingerprint density at radius 3 is 2.48 bits per heavy atom. The Hall–Kier alpha value is -2.80. The number of carbonyl (C=O) groups excluding carboxylic acids is 1. The molecule has 0 saturated heterocycles. The summed E-state index contributed by atoms with van der Waals surface area (Å²) in [5.74, 6) is 1.18. The molecule has 7 nitrogen and oxygen atoms in total. The number of carbonyl (C=O) groups is 1. The SMILES string of the molecule is COc1ccc(CCNC(=O)c2ccc(NCCN(C)C)cn2)cc1OC. The molecule has 1 heterocycles. The summed E-state index contributed by atoms with van der Waals surface area (Å²) in [7, 11) is 7.26. The molecule has 7 heteroatoms. The molecule has 0 radical (unpaired) electrons. The number of hydrogen-bond donors (Lipinski definition) is 2. The maximum atomic E-state index is 12.2. The van der Waals surface area contributed by atoms with E-state index >= 15 is 0 Å². The maximum absolute atomic E-state index is 12.2. The van der Waals surface area contributed by atoms with Crippen molar-refractivity contribution in [1.29, 1.82) is 0 Å². The fraction of sp³-hybridized carbons (Fsp3) is 0.400. The van der Waals surface area contributed by atoms with Gasteiger partial charge in [0.05, 0.1) is 26.1 Å². The Kier molecular flexibility index (Phi) is 7.88. The number of amides is 1. The van der Waals surface area contributed by atoms with Gasteiger partial charge in [0.1, 0.15) is 5.69 Å². The van der Waals surface area contributed by atoms with Gasteiger partial charge in [0, 0.05) is 19.6 Å². The van der Waals surface area contributed by atoms with E-state index in [-0.39, 0.29) is 5.91 Å². The molecule has 0 aliphatic carbocycles. The van der Waals surface area contributed by atoms with Gasteiger partial charge in [-0.1, -0.05) is 6.07 Å². The third-order valence-electron chi connectivity index (χ3n) is 4.03. The van der Waals surface area contributed by atoms with Gasteiger partial charge in [0.2, 0.25) is 0 Å². The number of likely N-dealkylation sites (N-methyl/N-ethyl adjacent to an activating group) is 1. The van der Waals surface area contributed by atoms with E-state index < -0.39 is 0 Å². The van der Waals surface area contributed by atoms with Crippen molar-refractivity contribution in [3.05, 3.63) is 47.8 Å². The molecule has 2 N–H and O–H groups in total. The van der Waals surface area contributed by atoms with Crippen molar-refractivity contribution in [1.82, 2.24) is 15.2 Å². The van der Waals surface area contributed by atoms with Gasteiger partial charge in [0.15, 0.2) is 11.5 Å². The molecule has 1 aromatic heterocycles. The fourth-order valence-electron chi connectivity index (χ4n) is 2.50. The van der Waals surface area contributed by atoms with Crippen LogP contribution in [0.25, 0.3) is 0 Å². The molecule has 2 aromatic rings. The summed E-state index contributed by atoms with van der Waals surface area (Å²) in [6.45, 7) is 2.27. The molecule has 2 rings (SSSR count). The smallest absolute Gasteiger partial charge is 0.269 e. The van der Waals surface area contributed by atoms with Crippen LogP contribution in [0.1, 0.15) is 16.1 Å². The maximum Gasteiger partial charge on any atom is 0.269 e. The Bertz CT molecular complexity index is 733. The molecular weight excluding hydrogens is 344 g/mol. The number of methoxy groups -OCH3 is 2. The molecule has 0 aliphatic rings. The number of pyridine rings is 1. The summed E-state index contributed by atoms with van der Waals surface area (Å²) in [4.78, 5) is 18.6. The number of nitrogens with one attached hydrogen (secondary N) is 2. The lowest BCUT2D eigenvalue weighted by atomic mass is 10.1. The molecule has 27 heavy (non-hydrogen) atoms. The van der Waals surface area contributed by atoms with Crippen LogP contribution < -0.4 is 20.1 Å². The molecule has 0 aliphatic heterocycles. The summed E-state index contributed by atoms with van der Waals surface area (Å²) in [5, 5.41) is 6.16. The molecule has 146 valence electrons. The first-order valence-corrected chi connectivity index (χ1v) is 8.87. The molecule has 0 bridgehead atoms. The second-order valence-corrected chi connectivity index (χ2v) is 6.36. The molecule has 1 aromatic carbocycles. The lowest BCUT2D eigenvalue weighted by Crippen LogP contribution is -2.26. The first-order chi connectivity index (χ1) is 13.0. The molecule has 0 fully saturated rings. The number of nitrogens with zero attached hydrogens (tertiary/aromatic N) is 2. The van der Waals surface area contributed by atoms with E-state index in [1.807, 2.05) is 38.4 Å². The standard InChI is InChI=1S/C20H28N4O3/c1-24(2)12-11-21-16-6-7-17(23-14-16)20(25)22-10-9-15-5-8-18(26-3)19(13-15)27-4/h5-8,13-14,21H,9-12H2,1-4H3,(H,22,25). The normalized spacial score (nSPS) is 10.6. The summed E-state index contributed by atoms with van der Waals surface area (Å²) in [6, 6.07) is 9.33. The van der Waals surface area contributed by atoms with Crippen molar-refractivity contribution in [3.63, 3.8) is 0 Å². The molecule has 0 spiro atoms. The van der Waals surface area contributed by atoms with Gasteiger partial charge in [-0.25, -0.2) is 4.98 Å². The van der Waals surface area contributed by atoms with Crippen LogP contribution in [-0.4, -0.2) is 63.7 Å². The minimum Gasteiger partial charge on any atom is -0.493 e. The van der Waals surface area contributed by atoms with Crippen molar-refractivity contribution >= 4 is 11.6 Å². The first-order valence-electron chi connectivity index (χ1n) is 8.87. The second kappa shape index (κ2) is 10.4. The summed E-state index contributed by atoms with van der Waals surface area (Å²) in [6.07, 6.45) is 2.37. The Balaban J connectivity index is 1.81. The highest BCUT2D eigenvalue weighted by molar-refractivity contribution is 5.92. The number of anilines is 1. The van der Waals surface area contributed by atoms with Gasteiger partial charge in [0.25, 0.3) is 5.91 Å². The second-order valence-electron chi connectivity index (χ2n) is 6.36. The van der Waals surface area contributed by atoms with E-state index in [9.17, 15) is 4.79 Å². The zero-order chi connectivity index (χ0) is 19.6. The van der Waals surface area contributed by atoms with Gasteiger partial charge in [-0.05, 0) is 50.3 Å². The summed E-state index contributed by atoms with van der Waals surface area (Å²) >= 11 is 0.